The third-order valence-electron chi connectivity index (χ3n) is 2.60. The van der Waals surface area contributed by atoms with Gasteiger partial charge < -0.3 is 5.73 Å². The van der Waals surface area contributed by atoms with E-state index in [1.165, 1.54) is 12.1 Å². The Morgan fingerprint density at radius 1 is 1.12 bits per heavy atom. The molecule has 0 heterocycles. The standard InChI is InChI=1S/C14H21F2N/c1-10(2)9-14(15,16)13-6-4-12(5-7-13)8-11(3)17/h4-7,10-11H,8-9,17H2,1-3H3. The molecule has 1 nitrogen and oxygen atoms in total. The fourth-order valence-corrected chi connectivity index (χ4v) is 1.89. The van der Waals surface area contributed by atoms with Crippen molar-refractivity contribution in [2.75, 3.05) is 0 Å². The summed E-state index contributed by atoms with van der Waals surface area (Å²) < 4.78 is 27.6. The van der Waals surface area contributed by atoms with Gasteiger partial charge in [0.25, 0.3) is 5.92 Å². The second-order valence-electron chi connectivity index (χ2n) is 5.18. The monoisotopic (exact) mass is 241 g/mol. The summed E-state index contributed by atoms with van der Waals surface area (Å²) in [7, 11) is 0. The van der Waals surface area contributed by atoms with Crippen LogP contribution in [0.3, 0.4) is 0 Å². The first-order valence-electron chi connectivity index (χ1n) is 6.04. The summed E-state index contributed by atoms with van der Waals surface area (Å²) in [6, 6.07) is 6.57. The first-order chi connectivity index (χ1) is 7.81. The van der Waals surface area contributed by atoms with Crippen molar-refractivity contribution >= 4 is 0 Å². The van der Waals surface area contributed by atoms with Crippen molar-refractivity contribution in [2.45, 2.75) is 45.6 Å². The predicted molar refractivity (Wildman–Crippen MR) is 67.1 cm³/mol. The number of nitrogens with two attached hydrogens (primary N) is 1. The van der Waals surface area contributed by atoms with Crippen molar-refractivity contribution in [1.82, 2.24) is 0 Å². The van der Waals surface area contributed by atoms with Gasteiger partial charge in [0.2, 0.25) is 0 Å². The normalized spacial score (nSPS) is 14.1. The summed E-state index contributed by atoms with van der Waals surface area (Å²) in [5, 5.41) is 0. The maximum absolute atomic E-state index is 13.8. The minimum atomic E-state index is -2.74. The van der Waals surface area contributed by atoms with E-state index < -0.39 is 5.92 Å². The van der Waals surface area contributed by atoms with E-state index in [1.807, 2.05) is 6.92 Å². The van der Waals surface area contributed by atoms with Crippen LogP contribution < -0.4 is 5.73 Å². The zero-order valence-electron chi connectivity index (χ0n) is 10.7. The van der Waals surface area contributed by atoms with Crippen molar-refractivity contribution in [3.8, 4) is 0 Å². The zero-order valence-corrected chi connectivity index (χ0v) is 10.7. The van der Waals surface area contributed by atoms with Crippen LogP contribution in [0.4, 0.5) is 8.78 Å². The van der Waals surface area contributed by atoms with E-state index in [1.54, 1.807) is 26.0 Å². The molecule has 2 N–H and O–H groups in total. The van der Waals surface area contributed by atoms with Gasteiger partial charge in [-0.2, -0.15) is 0 Å². The van der Waals surface area contributed by atoms with Crippen LogP contribution in [0.25, 0.3) is 0 Å². The van der Waals surface area contributed by atoms with Gasteiger partial charge in [0.15, 0.2) is 0 Å². The molecule has 1 aromatic rings. The average molecular weight is 241 g/mol. The molecule has 96 valence electrons. The molecule has 1 unspecified atom stereocenters. The van der Waals surface area contributed by atoms with Crippen LogP contribution in [0, 0.1) is 5.92 Å². The maximum Gasteiger partial charge on any atom is 0.273 e. The first kappa shape index (κ1) is 14.1. The lowest BCUT2D eigenvalue weighted by Gasteiger charge is -2.19. The second kappa shape index (κ2) is 5.58. The van der Waals surface area contributed by atoms with Crippen LogP contribution in [-0.4, -0.2) is 6.04 Å². The second-order valence-corrected chi connectivity index (χ2v) is 5.18. The Labute approximate surface area is 102 Å². The highest BCUT2D eigenvalue weighted by molar-refractivity contribution is 5.26. The fourth-order valence-electron chi connectivity index (χ4n) is 1.89. The van der Waals surface area contributed by atoms with Crippen molar-refractivity contribution < 1.29 is 8.78 Å². The van der Waals surface area contributed by atoms with Gasteiger partial charge in [-0.1, -0.05) is 38.1 Å². The molecule has 1 rings (SSSR count). The molecule has 3 heteroatoms. The van der Waals surface area contributed by atoms with E-state index in [0.717, 1.165) is 12.0 Å². The minimum Gasteiger partial charge on any atom is -0.328 e. The molecule has 0 amide bonds. The van der Waals surface area contributed by atoms with Gasteiger partial charge in [-0.05, 0) is 24.8 Å². The van der Waals surface area contributed by atoms with Crippen LogP contribution in [0.1, 0.15) is 38.3 Å². The number of hydrogen-bond acceptors (Lipinski definition) is 1. The third kappa shape index (κ3) is 4.43. The summed E-state index contributed by atoms with van der Waals surface area (Å²) in [6.07, 6.45) is 0.607. The molecule has 0 spiro atoms. The third-order valence-corrected chi connectivity index (χ3v) is 2.60. The Kier molecular flexibility index (Phi) is 4.63. The quantitative estimate of drug-likeness (QED) is 0.835. The van der Waals surface area contributed by atoms with Crippen LogP contribution in [-0.2, 0) is 12.3 Å². The Morgan fingerprint density at radius 3 is 2.06 bits per heavy atom. The predicted octanol–water partition coefficient (Wildman–Crippen LogP) is 3.71. The van der Waals surface area contributed by atoms with Crippen LogP contribution in [0.15, 0.2) is 24.3 Å². The molecule has 1 atom stereocenters. The lowest BCUT2D eigenvalue weighted by molar-refractivity contribution is -0.0249. The lowest BCUT2D eigenvalue weighted by atomic mass is 9.97. The molecule has 0 aliphatic heterocycles. The summed E-state index contributed by atoms with van der Waals surface area (Å²) in [5.74, 6) is -2.75. The van der Waals surface area contributed by atoms with Gasteiger partial charge >= 0.3 is 0 Å². The van der Waals surface area contributed by atoms with Gasteiger partial charge in [0.05, 0.1) is 0 Å². The number of alkyl halides is 2. The molecule has 0 fully saturated rings. The van der Waals surface area contributed by atoms with Crippen molar-refractivity contribution in [2.24, 2.45) is 11.7 Å². The summed E-state index contributed by atoms with van der Waals surface area (Å²) in [4.78, 5) is 0. The van der Waals surface area contributed by atoms with Gasteiger partial charge in [0, 0.05) is 18.0 Å². The largest absolute Gasteiger partial charge is 0.328 e. The molecule has 0 aliphatic rings. The molecule has 0 radical (unpaired) electrons. The Bertz CT molecular complexity index is 342. The van der Waals surface area contributed by atoms with Crippen molar-refractivity contribution in [3.05, 3.63) is 35.4 Å². The van der Waals surface area contributed by atoms with Crippen LogP contribution >= 0.6 is 0 Å². The molecule has 0 saturated heterocycles. The molecular formula is C14H21F2N. The van der Waals surface area contributed by atoms with Crippen molar-refractivity contribution in [1.29, 1.82) is 0 Å². The highest BCUT2D eigenvalue weighted by Gasteiger charge is 2.31. The molecule has 0 aromatic heterocycles. The summed E-state index contributed by atoms with van der Waals surface area (Å²) in [5.41, 5.74) is 6.77. The number of hydrogen-bond donors (Lipinski definition) is 1. The van der Waals surface area contributed by atoms with E-state index >= 15 is 0 Å². The molecular weight excluding hydrogens is 220 g/mol. The highest BCUT2D eigenvalue weighted by atomic mass is 19.3. The molecule has 0 aliphatic carbocycles. The number of halogens is 2. The SMILES string of the molecule is CC(C)CC(F)(F)c1ccc(CC(C)N)cc1. The molecule has 0 saturated carbocycles. The maximum atomic E-state index is 13.8. The van der Waals surface area contributed by atoms with E-state index in [2.05, 4.69) is 0 Å². The molecule has 17 heavy (non-hydrogen) atoms. The van der Waals surface area contributed by atoms with Gasteiger partial charge in [-0.25, -0.2) is 8.78 Å². The van der Waals surface area contributed by atoms with E-state index in [4.69, 9.17) is 5.73 Å². The minimum absolute atomic E-state index is 0.0197. The summed E-state index contributed by atoms with van der Waals surface area (Å²) in [6.45, 7) is 5.51. The van der Waals surface area contributed by atoms with Gasteiger partial charge in [-0.3, -0.25) is 0 Å². The first-order valence-corrected chi connectivity index (χ1v) is 6.04. The Balaban J connectivity index is 2.79. The topological polar surface area (TPSA) is 26.0 Å². The van der Waals surface area contributed by atoms with E-state index in [0.29, 0.717) is 0 Å². The van der Waals surface area contributed by atoms with E-state index in [-0.39, 0.29) is 23.9 Å². The Morgan fingerprint density at radius 2 is 1.65 bits per heavy atom. The smallest absolute Gasteiger partial charge is 0.273 e. The number of benzene rings is 1. The van der Waals surface area contributed by atoms with Crippen LogP contribution in [0.5, 0.6) is 0 Å². The van der Waals surface area contributed by atoms with Gasteiger partial charge in [-0.15, -0.1) is 0 Å². The summed E-state index contributed by atoms with van der Waals surface area (Å²) >= 11 is 0. The molecule has 0 bridgehead atoms. The number of rotatable bonds is 5. The van der Waals surface area contributed by atoms with Crippen molar-refractivity contribution in [3.63, 3.8) is 0 Å². The van der Waals surface area contributed by atoms with Crippen LogP contribution in [0.2, 0.25) is 0 Å². The van der Waals surface area contributed by atoms with Gasteiger partial charge in [0.1, 0.15) is 0 Å². The van der Waals surface area contributed by atoms with E-state index in [9.17, 15) is 8.78 Å². The zero-order chi connectivity index (χ0) is 13.1. The lowest BCUT2D eigenvalue weighted by Crippen LogP contribution is -2.18. The Hall–Kier alpha value is -0.960. The average Bonchev–Trinajstić information content (AvgIpc) is 2.15. The molecule has 1 aromatic carbocycles. The highest BCUT2D eigenvalue weighted by Crippen LogP contribution is 2.34. The fraction of sp³-hybridized carbons (Fsp3) is 0.571.